The van der Waals surface area contributed by atoms with Crippen molar-refractivity contribution in [3.05, 3.63) is 35.9 Å². The number of rotatable bonds is 8. The van der Waals surface area contributed by atoms with Crippen molar-refractivity contribution in [2.75, 3.05) is 6.61 Å². The lowest BCUT2D eigenvalue weighted by molar-refractivity contribution is 0.248. The summed E-state index contributed by atoms with van der Waals surface area (Å²) in [6.45, 7) is 11.9. The highest BCUT2D eigenvalue weighted by atomic mass is 28.4. The van der Waals surface area contributed by atoms with Gasteiger partial charge in [0.25, 0.3) is 0 Å². The van der Waals surface area contributed by atoms with Crippen LogP contribution in [0.15, 0.2) is 30.3 Å². The van der Waals surface area contributed by atoms with E-state index in [0.29, 0.717) is 6.61 Å². The molecule has 0 saturated carbocycles. The van der Waals surface area contributed by atoms with E-state index in [1.165, 1.54) is 18.4 Å². The lowest BCUT2D eigenvalue weighted by Gasteiger charge is -2.39. The predicted molar refractivity (Wildman–Crippen MR) is 91.6 cm³/mol. The summed E-state index contributed by atoms with van der Waals surface area (Å²) in [5, 5.41) is 9.62. The highest BCUT2D eigenvalue weighted by molar-refractivity contribution is 6.74. The molecule has 0 spiro atoms. The first-order valence-electron chi connectivity index (χ1n) is 7.90. The van der Waals surface area contributed by atoms with E-state index in [2.05, 4.69) is 52.1 Å². The van der Waals surface area contributed by atoms with Crippen molar-refractivity contribution in [2.45, 2.75) is 58.2 Å². The Balaban J connectivity index is 2.61. The molecule has 0 bridgehead atoms. The van der Waals surface area contributed by atoms with E-state index in [-0.39, 0.29) is 11.0 Å². The summed E-state index contributed by atoms with van der Waals surface area (Å²) < 4.78 is 6.29. The van der Waals surface area contributed by atoms with Crippen LogP contribution in [-0.4, -0.2) is 14.9 Å². The topological polar surface area (TPSA) is 33.0 Å². The molecule has 1 aromatic rings. The summed E-state index contributed by atoms with van der Waals surface area (Å²) in [6.07, 6.45) is 3.14. The van der Waals surface area contributed by atoms with E-state index in [9.17, 15) is 5.26 Å². The first-order valence-corrected chi connectivity index (χ1v) is 10.8. The molecule has 0 aliphatic rings. The number of nitrogens with zero attached hydrogens (tertiary/aromatic N) is 1. The van der Waals surface area contributed by atoms with Gasteiger partial charge in [-0.2, -0.15) is 5.26 Å². The van der Waals surface area contributed by atoms with Gasteiger partial charge >= 0.3 is 0 Å². The maximum absolute atomic E-state index is 9.38. The van der Waals surface area contributed by atoms with E-state index in [1.54, 1.807) is 0 Å². The summed E-state index contributed by atoms with van der Waals surface area (Å²) >= 11 is 0. The van der Waals surface area contributed by atoms with Gasteiger partial charge in [0.15, 0.2) is 8.32 Å². The largest absolute Gasteiger partial charge is 0.415 e. The Bertz CT molecular complexity index is 462. The second kappa shape index (κ2) is 7.77. The minimum absolute atomic E-state index is 0.0587. The zero-order chi connectivity index (χ0) is 15.9. The lowest BCUT2D eigenvalue weighted by atomic mass is 10.0. The van der Waals surface area contributed by atoms with E-state index >= 15 is 0 Å². The number of benzene rings is 1. The van der Waals surface area contributed by atoms with Gasteiger partial charge in [-0.15, -0.1) is 0 Å². The molecule has 0 heterocycles. The summed E-state index contributed by atoms with van der Waals surface area (Å²) in [7, 11) is -1.80. The Hall–Kier alpha value is -1.11. The molecule has 1 aromatic carbocycles. The molecule has 1 atom stereocenters. The van der Waals surface area contributed by atoms with Crippen molar-refractivity contribution in [2.24, 2.45) is 5.92 Å². The van der Waals surface area contributed by atoms with Crippen molar-refractivity contribution in [1.82, 2.24) is 0 Å². The molecule has 0 N–H and O–H groups in total. The lowest BCUT2D eigenvalue weighted by Crippen LogP contribution is -2.43. The summed E-state index contributed by atoms with van der Waals surface area (Å²) in [5.41, 5.74) is 1.21. The Morgan fingerprint density at radius 2 is 1.86 bits per heavy atom. The number of hydrogen-bond acceptors (Lipinski definition) is 2. The molecule has 0 aromatic heterocycles. The van der Waals surface area contributed by atoms with Crippen LogP contribution >= 0.6 is 0 Å². The molecule has 2 nitrogen and oxygen atoms in total. The average molecular weight is 304 g/mol. The first kappa shape index (κ1) is 17.9. The van der Waals surface area contributed by atoms with Crippen LogP contribution in [0.5, 0.6) is 0 Å². The second-order valence-electron chi connectivity index (χ2n) is 6.97. The summed E-state index contributed by atoms with van der Waals surface area (Å²) in [4.78, 5) is 0. The van der Waals surface area contributed by atoms with E-state index in [1.807, 2.05) is 18.2 Å². The third-order valence-electron chi connectivity index (χ3n) is 4.66. The van der Waals surface area contributed by atoms with Gasteiger partial charge < -0.3 is 4.43 Å². The predicted octanol–water partition coefficient (Wildman–Crippen LogP) is 5.17. The van der Waals surface area contributed by atoms with Gasteiger partial charge in [-0.05, 0) is 36.5 Å². The van der Waals surface area contributed by atoms with Crippen molar-refractivity contribution in [3.63, 3.8) is 0 Å². The van der Waals surface area contributed by atoms with Crippen LogP contribution in [0.4, 0.5) is 0 Å². The summed E-state index contributed by atoms with van der Waals surface area (Å²) in [6, 6.07) is 12.6. The highest BCUT2D eigenvalue weighted by Crippen LogP contribution is 2.42. The molecule has 3 heteroatoms. The third-order valence-corrected chi connectivity index (χ3v) is 9.06. The van der Waals surface area contributed by atoms with Crippen molar-refractivity contribution in [3.8, 4) is 6.07 Å². The van der Waals surface area contributed by atoms with Crippen LogP contribution in [0.25, 0.3) is 0 Å². The van der Waals surface area contributed by atoms with Crippen LogP contribution in [0.2, 0.25) is 18.1 Å². The summed E-state index contributed by atoms with van der Waals surface area (Å²) in [5.74, 6) is -0.0587. The van der Waals surface area contributed by atoms with Gasteiger partial charge in [0, 0.05) is 0 Å². The maximum atomic E-state index is 9.38. The minimum atomic E-state index is -1.80. The molecule has 0 fully saturated rings. The maximum Gasteiger partial charge on any atom is 0.192 e. The highest BCUT2D eigenvalue weighted by Gasteiger charge is 2.40. The molecule has 0 amide bonds. The normalized spacial score (nSPS) is 13.7. The van der Waals surface area contributed by atoms with E-state index < -0.39 is 8.32 Å². The standard InChI is InChI=1S/C18H29NOSi/c1-6-12-18(2,3)21(4,5)20-15-17(14-19)13-16-10-8-7-9-11-16/h7-11,17H,6,12-13,15H2,1-5H3/t17-/m1/s1. The molecule has 0 unspecified atom stereocenters. The number of nitriles is 1. The smallest absolute Gasteiger partial charge is 0.192 e. The Morgan fingerprint density at radius 1 is 1.24 bits per heavy atom. The van der Waals surface area contributed by atoms with Crippen LogP contribution in [0, 0.1) is 17.2 Å². The minimum Gasteiger partial charge on any atom is -0.415 e. The van der Waals surface area contributed by atoms with Crippen molar-refractivity contribution < 1.29 is 4.43 Å². The Kier molecular flexibility index (Phi) is 6.64. The first-order chi connectivity index (χ1) is 9.82. The van der Waals surface area contributed by atoms with Gasteiger partial charge in [-0.25, -0.2) is 0 Å². The van der Waals surface area contributed by atoms with Gasteiger partial charge in [0.1, 0.15) is 0 Å². The van der Waals surface area contributed by atoms with E-state index in [4.69, 9.17) is 4.43 Å². The Morgan fingerprint density at radius 3 is 2.38 bits per heavy atom. The van der Waals surface area contributed by atoms with Crippen LogP contribution in [0.3, 0.4) is 0 Å². The van der Waals surface area contributed by atoms with Gasteiger partial charge in [-0.3, -0.25) is 0 Å². The van der Waals surface area contributed by atoms with E-state index in [0.717, 1.165) is 6.42 Å². The fourth-order valence-electron chi connectivity index (χ4n) is 2.47. The van der Waals surface area contributed by atoms with Crippen molar-refractivity contribution in [1.29, 1.82) is 5.26 Å². The van der Waals surface area contributed by atoms with Crippen LogP contribution in [-0.2, 0) is 10.8 Å². The number of hydrogen-bond donors (Lipinski definition) is 0. The molecule has 21 heavy (non-hydrogen) atoms. The third kappa shape index (κ3) is 5.30. The quantitative estimate of drug-likeness (QED) is 0.621. The second-order valence-corrected chi connectivity index (χ2v) is 11.6. The monoisotopic (exact) mass is 303 g/mol. The molecular formula is C18H29NOSi. The molecule has 0 radical (unpaired) electrons. The van der Waals surface area contributed by atoms with Crippen LogP contribution in [0.1, 0.15) is 39.2 Å². The fraction of sp³-hybridized carbons (Fsp3) is 0.611. The molecular weight excluding hydrogens is 274 g/mol. The zero-order valence-corrected chi connectivity index (χ0v) is 15.1. The average Bonchev–Trinajstić information content (AvgIpc) is 2.44. The van der Waals surface area contributed by atoms with Gasteiger partial charge in [0.2, 0.25) is 0 Å². The molecule has 0 aliphatic heterocycles. The molecule has 0 saturated heterocycles. The molecule has 1 rings (SSSR count). The van der Waals surface area contributed by atoms with Gasteiger partial charge in [0.05, 0.1) is 18.6 Å². The molecule has 116 valence electrons. The molecule has 0 aliphatic carbocycles. The SMILES string of the molecule is CCCC(C)(C)[Si](C)(C)OC[C@@H](C#N)Cc1ccccc1. The fourth-order valence-corrected chi connectivity index (χ4v) is 4.33. The van der Waals surface area contributed by atoms with Gasteiger partial charge in [-0.1, -0.05) is 57.5 Å². The Labute approximate surface area is 131 Å². The van der Waals surface area contributed by atoms with Crippen molar-refractivity contribution >= 4 is 8.32 Å². The zero-order valence-electron chi connectivity index (χ0n) is 14.1. The van der Waals surface area contributed by atoms with Crippen LogP contribution < -0.4 is 0 Å².